The molecule has 0 spiro atoms. The molecule has 0 aliphatic rings. The molecule has 0 aliphatic carbocycles. The molecule has 184 valence electrons. The van der Waals surface area contributed by atoms with Crippen LogP contribution >= 0.6 is 11.6 Å². The van der Waals surface area contributed by atoms with Gasteiger partial charge in [0.15, 0.2) is 0 Å². The van der Waals surface area contributed by atoms with Crippen molar-refractivity contribution in [3.05, 3.63) is 82.9 Å². The summed E-state index contributed by atoms with van der Waals surface area (Å²) in [6, 6.07) is 16.9. The number of nitrogens with zero attached hydrogens (tertiary/aromatic N) is 1. The molecule has 0 heterocycles. The molecular weight excluding hydrogens is 492 g/mol. The molecule has 3 rings (SSSR count). The number of anilines is 2. The molecule has 3 aromatic rings. The fourth-order valence-electron chi connectivity index (χ4n) is 3.23. The third-order valence-corrected chi connectivity index (χ3v) is 6.99. The van der Waals surface area contributed by atoms with Gasteiger partial charge in [-0.1, -0.05) is 29.3 Å². The summed E-state index contributed by atoms with van der Waals surface area (Å²) in [5.41, 5.74) is 1.72. The normalized spacial score (nSPS) is 11.0. The first-order valence-corrected chi connectivity index (χ1v) is 12.5. The third kappa shape index (κ3) is 6.32. The number of esters is 1. The summed E-state index contributed by atoms with van der Waals surface area (Å²) in [6.45, 7) is 3.24. The third-order valence-electron chi connectivity index (χ3n) is 4.99. The molecule has 0 fully saturated rings. The van der Waals surface area contributed by atoms with Crippen molar-refractivity contribution in [3.8, 4) is 5.75 Å². The summed E-state index contributed by atoms with van der Waals surface area (Å²) in [7, 11) is -2.76. The standard InChI is InChI=1S/C25H25ClN2O6S/c1-4-34-25(30)18-7-10-20(11-8-18)27-24(29)16-28(22-15-19(26)9-14-23(22)33-3)35(31,32)21-12-5-17(2)6-13-21/h5-15H,4,16H2,1-3H3,(H,27,29). The zero-order chi connectivity index (χ0) is 25.6. The average Bonchev–Trinajstić information content (AvgIpc) is 2.83. The van der Waals surface area contributed by atoms with Crippen molar-refractivity contribution in [2.75, 3.05) is 29.9 Å². The van der Waals surface area contributed by atoms with Gasteiger partial charge in [-0.25, -0.2) is 13.2 Å². The predicted octanol–water partition coefficient (Wildman–Crippen LogP) is 4.67. The molecule has 0 saturated heterocycles. The van der Waals surface area contributed by atoms with Crippen LogP contribution in [0.3, 0.4) is 0 Å². The summed E-state index contributed by atoms with van der Waals surface area (Å²) < 4.78 is 38.4. The predicted molar refractivity (Wildman–Crippen MR) is 135 cm³/mol. The molecule has 0 aromatic heterocycles. The lowest BCUT2D eigenvalue weighted by molar-refractivity contribution is -0.114. The Bertz CT molecular complexity index is 1310. The maximum atomic E-state index is 13.6. The maximum absolute atomic E-state index is 13.6. The molecule has 0 atom stereocenters. The lowest BCUT2D eigenvalue weighted by atomic mass is 10.2. The molecular formula is C25H25ClN2O6S. The highest BCUT2D eigenvalue weighted by atomic mass is 35.5. The number of aryl methyl sites for hydroxylation is 1. The van der Waals surface area contributed by atoms with Crippen molar-refractivity contribution >= 4 is 44.9 Å². The molecule has 8 nitrogen and oxygen atoms in total. The van der Waals surface area contributed by atoms with Gasteiger partial charge in [-0.05, 0) is 68.4 Å². The van der Waals surface area contributed by atoms with Crippen molar-refractivity contribution in [1.82, 2.24) is 0 Å². The Balaban J connectivity index is 1.93. The quantitative estimate of drug-likeness (QED) is 0.415. The fourth-order valence-corrected chi connectivity index (χ4v) is 4.82. The van der Waals surface area contributed by atoms with E-state index in [2.05, 4.69) is 5.32 Å². The highest BCUT2D eigenvalue weighted by Gasteiger charge is 2.30. The molecule has 0 saturated carbocycles. The van der Waals surface area contributed by atoms with Crippen molar-refractivity contribution in [2.24, 2.45) is 0 Å². The SMILES string of the molecule is CCOC(=O)c1ccc(NC(=O)CN(c2cc(Cl)ccc2OC)S(=O)(=O)c2ccc(C)cc2)cc1. The van der Waals surface area contributed by atoms with Gasteiger partial charge in [0.2, 0.25) is 5.91 Å². The fraction of sp³-hybridized carbons (Fsp3) is 0.200. The first kappa shape index (κ1) is 26.1. The number of benzene rings is 3. The number of halogens is 1. The molecule has 35 heavy (non-hydrogen) atoms. The van der Waals surface area contributed by atoms with Gasteiger partial charge >= 0.3 is 5.97 Å². The van der Waals surface area contributed by atoms with Crippen LogP contribution in [0.15, 0.2) is 71.6 Å². The monoisotopic (exact) mass is 516 g/mol. The summed E-state index contributed by atoms with van der Waals surface area (Å²) in [5.74, 6) is -0.850. The van der Waals surface area contributed by atoms with E-state index in [1.807, 2.05) is 6.92 Å². The molecule has 0 unspecified atom stereocenters. The van der Waals surface area contributed by atoms with Crippen molar-refractivity contribution in [2.45, 2.75) is 18.7 Å². The number of ether oxygens (including phenoxy) is 2. The lowest BCUT2D eigenvalue weighted by Crippen LogP contribution is -2.38. The number of rotatable bonds is 9. The van der Waals surface area contributed by atoms with E-state index in [1.54, 1.807) is 25.1 Å². The number of sulfonamides is 1. The first-order valence-electron chi connectivity index (χ1n) is 10.7. The maximum Gasteiger partial charge on any atom is 0.338 e. The van der Waals surface area contributed by atoms with Crippen LogP contribution in [-0.4, -0.2) is 40.6 Å². The Hall–Kier alpha value is -3.56. The topological polar surface area (TPSA) is 102 Å². The minimum Gasteiger partial charge on any atom is -0.495 e. The molecule has 0 radical (unpaired) electrons. The van der Waals surface area contributed by atoms with Crippen LogP contribution in [-0.2, 0) is 19.6 Å². The van der Waals surface area contributed by atoms with Gasteiger partial charge in [0.25, 0.3) is 10.0 Å². The van der Waals surface area contributed by atoms with E-state index in [0.29, 0.717) is 11.3 Å². The van der Waals surface area contributed by atoms with Crippen LogP contribution in [0.4, 0.5) is 11.4 Å². The largest absolute Gasteiger partial charge is 0.495 e. The van der Waals surface area contributed by atoms with E-state index in [4.69, 9.17) is 21.1 Å². The molecule has 10 heteroatoms. The van der Waals surface area contributed by atoms with Gasteiger partial charge in [-0.3, -0.25) is 9.10 Å². The number of hydrogen-bond donors (Lipinski definition) is 1. The van der Waals surface area contributed by atoms with Crippen LogP contribution in [0.25, 0.3) is 0 Å². The van der Waals surface area contributed by atoms with Crippen LogP contribution in [0.5, 0.6) is 5.75 Å². The Kier molecular flexibility index (Phi) is 8.37. The van der Waals surface area contributed by atoms with Gasteiger partial charge in [-0.15, -0.1) is 0 Å². The smallest absolute Gasteiger partial charge is 0.338 e. The van der Waals surface area contributed by atoms with Crippen LogP contribution in [0.2, 0.25) is 5.02 Å². The molecule has 1 amide bonds. The van der Waals surface area contributed by atoms with Gasteiger partial charge in [-0.2, -0.15) is 0 Å². The Labute approximate surface area is 209 Å². The minimum absolute atomic E-state index is 0.0109. The number of methoxy groups -OCH3 is 1. The van der Waals surface area contributed by atoms with E-state index in [1.165, 1.54) is 55.6 Å². The van der Waals surface area contributed by atoms with E-state index in [9.17, 15) is 18.0 Å². The Morgan fingerprint density at radius 1 is 1.00 bits per heavy atom. The number of nitrogens with one attached hydrogen (secondary N) is 1. The number of carbonyl (C=O) groups is 2. The summed E-state index contributed by atoms with van der Waals surface area (Å²) in [4.78, 5) is 24.8. The zero-order valence-electron chi connectivity index (χ0n) is 19.4. The second-order valence-electron chi connectivity index (χ2n) is 7.49. The second-order valence-corrected chi connectivity index (χ2v) is 9.79. The van der Waals surface area contributed by atoms with Crippen molar-refractivity contribution in [1.29, 1.82) is 0 Å². The van der Waals surface area contributed by atoms with E-state index in [0.717, 1.165) is 9.87 Å². The molecule has 0 aliphatic heterocycles. The molecule has 1 N–H and O–H groups in total. The van der Waals surface area contributed by atoms with Crippen LogP contribution in [0, 0.1) is 6.92 Å². The highest BCUT2D eigenvalue weighted by molar-refractivity contribution is 7.92. The molecule has 3 aromatic carbocycles. The van der Waals surface area contributed by atoms with E-state index >= 15 is 0 Å². The summed E-state index contributed by atoms with van der Waals surface area (Å²) in [5, 5.41) is 2.93. The van der Waals surface area contributed by atoms with Crippen molar-refractivity contribution in [3.63, 3.8) is 0 Å². The lowest BCUT2D eigenvalue weighted by Gasteiger charge is -2.26. The average molecular weight is 517 g/mol. The van der Waals surface area contributed by atoms with Crippen LogP contribution in [0.1, 0.15) is 22.8 Å². The van der Waals surface area contributed by atoms with Gasteiger partial charge in [0, 0.05) is 10.7 Å². The minimum atomic E-state index is -4.16. The molecule has 0 bridgehead atoms. The number of amides is 1. The summed E-state index contributed by atoms with van der Waals surface area (Å²) in [6.07, 6.45) is 0. The Morgan fingerprint density at radius 3 is 2.26 bits per heavy atom. The van der Waals surface area contributed by atoms with E-state index in [-0.39, 0.29) is 28.0 Å². The highest BCUT2D eigenvalue weighted by Crippen LogP contribution is 2.35. The van der Waals surface area contributed by atoms with E-state index < -0.39 is 28.4 Å². The Morgan fingerprint density at radius 2 is 1.66 bits per heavy atom. The van der Waals surface area contributed by atoms with Gasteiger partial charge < -0.3 is 14.8 Å². The number of carbonyl (C=O) groups excluding carboxylic acids is 2. The van der Waals surface area contributed by atoms with Crippen molar-refractivity contribution < 1.29 is 27.5 Å². The van der Waals surface area contributed by atoms with Gasteiger partial charge in [0.1, 0.15) is 12.3 Å². The zero-order valence-corrected chi connectivity index (χ0v) is 21.0. The number of hydrogen-bond acceptors (Lipinski definition) is 6. The van der Waals surface area contributed by atoms with Gasteiger partial charge in [0.05, 0.1) is 29.9 Å². The second kappa shape index (κ2) is 11.2. The van der Waals surface area contributed by atoms with Crippen LogP contribution < -0.4 is 14.4 Å². The summed E-state index contributed by atoms with van der Waals surface area (Å²) >= 11 is 6.15. The first-order chi connectivity index (χ1) is 16.6.